The van der Waals surface area contributed by atoms with E-state index in [9.17, 15) is 19.2 Å². The summed E-state index contributed by atoms with van der Waals surface area (Å²) in [5, 5.41) is 3.86. The van der Waals surface area contributed by atoms with Gasteiger partial charge in [0.1, 0.15) is 0 Å². The van der Waals surface area contributed by atoms with Gasteiger partial charge >= 0.3 is 11.9 Å². The molecule has 0 aliphatic heterocycles. The molecule has 0 fully saturated rings. The van der Waals surface area contributed by atoms with Gasteiger partial charge in [0.25, 0.3) is 0 Å². The number of halogens is 1. The number of aromatic nitrogens is 2. The number of carbonyl (C=O) groups is 4. The van der Waals surface area contributed by atoms with Gasteiger partial charge in [0.15, 0.2) is 27.2 Å². The summed E-state index contributed by atoms with van der Waals surface area (Å²) in [6.45, 7) is 1.40. The number of hydrogen-bond acceptors (Lipinski definition) is 10. The highest BCUT2D eigenvalue weighted by molar-refractivity contribution is 9.09. The van der Waals surface area contributed by atoms with Crippen LogP contribution in [0, 0.1) is 0 Å². The number of alkyl halides is 1. The first-order valence-electron chi connectivity index (χ1n) is 6.51. The molecule has 2 aromatic rings. The van der Waals surface area contributed by atoms with Crippen LogP contribution in [0.25, 0.3) is 0 Å². The van der Waals surface area contributed by atoms with Crippen molar-refractivity contribution in [3.8, 4) is 0 Å². The Morgan fingerprint density at radius 1 is 0.960 bits per heavy atom. The Morgan fingerprint density at radius 2 is 1.40 bits per heavy atom. The molecule has 0 bridgehead atoms. The lowest BCUT2D eigenvalue weighted by Gasteiger charge is -1.91. The number of thiazole rings is 2. The first-order valence-corrected chi connectivity index (χ1v) is 9.39. The quantitative estimate of drug-likeness (QED) is 0.389. The third kappa shape index (κ3) is 6.11. The summed E-state index contributed by atoms with van der Waals surface area (Å²) >= 11 is 5.29. The normalized spacial score (nSPS) is 9.60. The minimum Gasteiger partial charge on any atom is -0.464 e. The van der Waals surface area contributed by atoms with E-state index in [4.69, 9.17) is 0 Å². The predicted molar refractivity (Wildman–Crippen MR) is 95.0 cm³/mol. The van der Waals surface area contributed by atoms with E-state index in [1.54, 1.807) is 0 Å². The van der Waals surface area contributed by atoms with Gasteiger partial charge in [-0.15, -0.1) is 22.7 Å². The molecule has 134 valence electrons. The van der Waals surface area contributed by atoms with Crippen LogP contribution in [0.3, 0.4) is 0 Å². The molecule has 0 radical (unpaired) electrons. The summed E-state index contributed by atoms with van der Waals surface area (Å²) < 4.78 is 8.87. The average molecular weight is 449 g/mol. The third-order valence-corrected chi connectivity index (χ3v) is 4.79. The molecule has 25 heavy (non-hydrogen) atoms. The van der Waals surface area contributed by atoms with Gasteiger partial charge in [0.2, 0.25) is 5.78 Å². The molecule has 0 saturated carbocycles. The summed E-state index contributed by atoms with van der Waals surface area (Å²) in [6, 6.07) is 0. The van der Waals surface area contributed by atoms with Crippen LogP contribution in [0.1, 0.15) is 47.5 Å². The fraction of sp³-hybridized carbons (Fsp3) is 0.286. The van der Waals surface area contributed by atoms with Gasteiger partial charge < -0.3 is 9.47 Å². The summed E-state index contributed by atoms with van der Waals surface area (Å²) in [5.41, 5.74) is 0.365. The van der Waals surface area contributed by atoms with Crippen LogP contribution in [0.15, 0.2) is 10.8 Å². The van der Waals surface area contributed by atoms with E-state index in [2.05, 4.69) is 35.4 Å². The van der Waals surface area contributed by atoms with E-state index in [-0.39, 0.29) is 28.3 Å². The molecule has 0 amide bonds. The maximum absolute atomic E-state index is 11.1. The number of nitrogens with zero attached hydrogens (tertiary/aromatic N) is 2. The lowest BCUT2D eigenvalue weighted by molar-refractivity contribution is 0.0586. The zero-order chi connectivity index (χ0) is 19.0. The Morgan fingerprint density at radius 3 is 1.76 bits per heavy atom. The molecule has 2 aromatic heterocycles. The van der Waals surface area contributed by atoms with Crippen molar-refractivity contribution in [3.05, 3.63) is 32.2 Å². The molecule has 8 nitrogen and oxygen atoms in total. The standard InChI is InChI=1S/C7H6BrNO3S.C7H7NO3S/c1-12-7(11)4-3-13-6(9-4)5(10)2-8;1-4(9)6-8-5(3-12-6)7(10)11-2/h3H,2H2,1H3;3H,1-2H3. The Kier molecular flexibility index (Phi) is 8.52. The highest BCUT2D eigenvalue weighted by Crippen LogP contribution is 2.12. The van der Waals surface area contributed by atoms with E-state index in [1.807, 2.05) is 0 Å². The van der Waals surface area contributed by atoms with E-state index >= 15 is 0 Å². The molecule has 0 aromatic carbocycles. The second kappa shape index (κ2) is 10.1. The molecule has 0 saturated heterocycles. The summed E-state index contributed by atoms with van der Waals surface area (Å²) in [6.07, 6.45) is 0. The summed E-state index contributed by atoms with van der Waals surface area (Å²) in [7, 11) is 2.54. The zero-order valence-corrected chi connectivity index (χ0v) is 16.6. The lowest BCUT2D eigenvalue weighted by atomic mass is 10.4. The van der Waals surface area contributed by atoms with Crippen LogP contribution >= 0.6 is 38.6 Å². The molecule has 0 atom stereocenters. The second-order valence-electron chi connectivity index (χ2n) is 4.17. The van der Waals surface area contributed by atoms with Crippen molar-refractivity contribution >= 4 is 62.1 Å². The molecule has 0 N–H and O–H groups in total. The van der Waals surface area contributed by atoms with Crippen molar-refractivity contribution in [3.63, 3.8) is 0 Å². The fourth-order valence-corrected chi connectivity index (χ4v) is 3.16. The second-order valence-corrected chi connectivity index (χ2v) is 6.45. The van der Waals surface area contributed by atoms with Crippen molar-refractivity contribution in [2.75, 3.05) is 19.5 Å². The smallest absolute Gasteiger partial charge is 0.357 e. The van der Waals surface area contributed by atoms with Crippen molar-refractivity contribution in [1.82, 2.24) is 9.97 Å². The molecular formula is C14H13BrN2O6S2. The van der Waals surface area contributed by atoms with Gasteiger partial charge in [-0.2, -0.15) is 0 Å². The number of hydrogen-bond donors (Lipinski definition) is 0. The van der Waals surface area contributed by atoms with Crippen molar-refractivity contribution in [2.24, 2.45) is 0 Å². The Hall–Kier alpha value is -1.98. The number of rotatable bonds is 5. The molecular weight excluding hydrogens is 436 g/mol. The highest BCUT2D eigenvalue weighted by Gasteiger charge is 2.14. The zero-order valence-electron chi connectivity index (χ0n) is 13.4. The molecule has 2 heterocycles. The molecule has 11 heteroatoms. The van der Waals surface area contributed by atoms with Crippen LogP contribution in [-0.2, 0) is 9.47 Å². The van der Waals surface area contributed by atoms with Crippen LogP contribution in [0.4, 0.5) is 0 Å². The minimum absolute atomic E-state index is 0.139. The van der Waals surface area contributed by atoms with Crippen LogP contribution in [0.5, 0.6) is 0 Å². The number of esters is 2. The van der Waals surface area contributed by atoms with Gasteiger partial charge in [-0.25, -0.2) is 19.6 Å². The molecule has 0 unspecified atom stereocenters. The maximum atomic E-state index is 11.1. The SMILES string of the molecule is COC(=O)c1csc(C(=O)CBr)n1.COC(=O)c1csc(C(C)=O)n1. The topological polar surface area (TPSA) is 113 Å². The minimum atomic E-state index is -0.523. The first kappa shape index (κ1) is 21.1. The number of ether oxygens (including phenoxy) is 2. The van der Waals surface area contributed by atoms with Crippen molar-refractivity contribution in [1.29, 1.82) is 0 Å². The van der Waals surface area contributed by atoms with Crippen LogP contribution in [0.2, 0.25) is 0 Å². The maximum Gasteiger partial charge on any atom is 0.357 e. The van der Waals surface area contributed by atoms with E-state index < -0.39 is 11.9 Å². The first-order chi connectivity index (χ1) is 11.8. The monoisotopic (exact) mass is 448 g/mol. The Bertz CT molecular complexity index is 755. The van der Waals surface area contributed by atoms with Gasteiger partial charge in [-0.3, -0.25) is 9.59 Å². The summed E-state index contributed by atoms with van der Waals surface area (Å²) in [5.74, 6) is -1.32. The van der Waals surface area contributed by atoms with E-state index in [0.717, 1.165) is 22.7 Å². The average Bonchev–Trinajstić information content (AvgIpc) is 3.29. The molecule has 2 rings (SSSR count). The van der Waals surface area contributed by atoms with Crippen LogP contribution < -0.4 is 0 Å². The number of Topliss-reactive ketones (excluding diaryl/α,β-unsaturated/α-hetero) is 2. The predicted octanol–water partition coefficient (Wildman–Crippen LogP) is 2.64. The largest absolute Gasteiger partial charge is 0.464 e. The molecule has 0 aliphatic carbocycles. The Balaban J connectivity index is 0.000000251. The molecule has 0 aliphatic rings. The van der Waals surface area contributed by atoms with Gasteiger partial charge in [0.05, 0.1) is 19.5 Å². The number of methoxy groups -OCH3 is 2. The van der Waals surface area contributed by atoms with Crippen molar-refractivity contribution < 1.29 is 28.7 Å². The number of carbonyl (C=O) groups excluding carboxylic acids is 4. The van der Waals surface area contributed by atoms with Gasteiger partial charge in [-0.1, -0.05) is 15.9 Å². The van der Waals surface area contributed by atoms with Crippen molar-refractivity contribution in [2.45, 2.75) is 6.92 Å². The highest BCUT2D eigenvalue weighted by atomic mass is 79.9. The van der Waals surface area contributed by atoms with Gasteiger partial charge in [0, 0.05) is 17.7 Å². The summed E-state index contributed by atoms with van der Waals surface area (Å²) in [4.78, 5) is 51.2. The van der Waals surface area contributed by atoms with E-state index in [1.165, 1.54) is 31.9 Å². The van der Waals surface area contributed by atoms with E-state index in [0.29, 0.717) is 10.0 Å². The third-order valence-electron chi connectivity index (χ3n) is 2.46. The Labute approximate surface area is 159 Å². The van der Waals surface area contributed by atoms with Gasteiger partial charge in [-0.05, 0) is 0 Å². The fourth-order valence-electron chi connectivity index (χ4n) is 1.29. The molecule has 0 spiro atoms. The van der Waals surface area contributed by atoms with Crippen LogP contribution in [-0.4, -0.2) is 53.0 Å². The lowest BCUT2D eigenvalue weighted by Crippen LogP contribution is -2.04. The number of ketones is 2.